The van der Waals surface area contributed by atoms with Crippen molar-refractivity contribution in [3.05, 3.63) is 73.0 Å². The molecule has 0 saturated heterocycles. The second kappa shape index (κ2) is 7.17. The van der Waals surface area contributed by atoms with Gasteiger partial charge in [-0.05, 0) is 30.3 Å². The number of para-hydroxylation sites is 2. The van der Waals surface area contributed by atoms with Gasteiger partial charge in [-0.15, -0.1) is 0 Å². The zero-order valence-electron chi connectivity index (χ0n) is 10.2. The lowest BCUT2D eigenvalue weighted by Crippen LogP contribution is -1.95. The van der Waals surface area contributed by atoms with Crippen LogP contribution in [0.15, 0.2) is 73.0 Å². The molecular weight excluding hydrogens is 224 g/mol. The van der Waals surface area contributed by atoms with Crippen molar-refractivity contribution in [1.82, 2.24) is 0 Å². The van der Waals surface area contributed by atoms with Crippen LogP contribution in [-0.2, 0) is 0 Å². The summed E-state index contributed by atoms with van der Waals surface area (Å²) in [7, 11) is 0. The van der Waals surface area contributed by atoms with E-state index in [2.05, 4.69) is 0 Å². The lowest BCUT2D eigenvalue weighted by Gasteiger charge is -2.03. The highest BCUT2D eigenvalue weighted by atomic mass is 16.5. The second-order valence-electron chi connectivity index (χ2n) is 3.75. The number of ether oxygens (including phenoxy) is 2. The number of hydrogen-bond donors (Lipinski definition) is 0. The number of hydrogen-bond acceptors (Lipinski definition) is 2. The fourth-order valence-electron chi connectivity index (χ4n) is 1.46. The van der Waals surface area contributed by atoms with Crippen LogP contribution < -0.4 is 9.47 Å². The first-order valence-electron chi connectivity index (χ1n) is 6.00. The maximum atomic E-state index is 5.55. The summed E-state index contributed by atoms with van der Waals surface area (Å²) >= 11 is 0. The smallest absolute Gasteiger partial charge is 0.126 e. The molecule has 2 heteroatoms. The van der Waals surface area contributed by atoms with Gasteiger partial charge in [-0.25, -0.2) is 0 Å². The van der Waals surface area contributed by atoms with Gasteiger partial charge in [-0.3, -0.25) is 0 Å². The summed E-state index contributed by atoms with van der Waals surface area (Å²) in [6, 6.07) is 19.5. The number of benzene rings is 2. The van der Waals surface area contributed by atoms with Crippen LogP contribution in [0.5, 0.6) is 11.5 Å². The van der Waals surface area contributed by atoms with Crippen LogP contribution in [-0.4, -0.2) is 6.61 Å². The standard InChI is InChI=1S/C16H16O2/c1-3-9-15(10-4-1)17-13-7-8-14-18-16-11-5-2-6-12-16/h1-7,9-13H,8,14H2. The fraction of sp³-hybridized carbons (Fsp3) is 0.125. The lowest BCUT2D eigenvalue weighted by molar-refractivity contribution is 0.323. The van der Waals surface area contributed by atoms with E-state index in [0.717, 1.165) is 17.9 Å². The van der Waals surface area contributed by atoms with E-state index >= 15 is 0 Å². The molecule has 0 aliphatic heterocycles. The summed E-state index contributed by atoms with van der Waals surface area (Å²) in [4.78, 5) is 0. The van der Waals surface area contributed by atoms with Gasteiger partial charge < -0.3 is 9.47 Å². The van der Waals surface area contributed by atoms with E-state index < -0.39 is 0 Å². The highest BCUT2D eigenvalue weighted by molar-refractivity contribution is 5.22. The largest absolute Gasteiger partial charge is 0.493 e. The van der Waals surface area contributed by atoms with E-state index in [1.165, 1.54) is 0 Å². The third-order valence-electron chi connectivity index (χ3n) is 2.34. The third-order valence-corrected chi connectivity index (χ3v) is 2.34. The Morgan fingerprint density at radius 3 is 2.06 bits per heavy atom. The van der Waals surface area contributed by atoms with Crippen molar-refractivity contribution >= 4 is 0 Å². The first-order chi connectivity index (χ1) is 8.95. The number of rotatable bonds is 6. The highest BCUT2D eigenvalue weighted by Gasteiger charge is 1.89. The molecule has 0 amide bonds. The summed E-state index contributed by atoms with van der Waals surface area (Å²) in [5.41, 5.74) is 0. The SMILES string of the molecule is C(=COc1ccccc1)CCOc1ccccc1. The van der Waals surface area contributed by atoms with Gasteiger partial charge in [0, 0.05) is 6.42 Å². The molecule has 0 aliphatic rings. The minimum atomic E-state index is 0.651. The van der Waals surface area contributed by atoms with Gasteiger partial charge in [0.2, 0.25) is 0 Å². The molecule has 92 valence electrons. The minimum absolute atomic E-state index is 0.651. The van der Waals surface area contributed by atoms with Crippen molar-refractivity contribution in [2.24, 2.45) is 0 Å². The Morgan fingerprint density at radius 1 is 0.778 bits per heavy atom. The zero-order valence-corrected chi connectivity index (χ0v) is 10.2. The molecule has 0 N–H and O–H groups in total. The maximum absolute atomic E-state index is 5.55. The van der Waals surface area contributed by atoms with Gasteiger partial charge in [-0.2, -0.15) is 0 Å². The Morgan fingerprint density at radius 2 is 1.39 bits per heavy atom. The van der Waals surface area contributed by atoms with Gasteiger partial charge in [0.1, 0.15) is 11.5 Å². The molecule has 0 radical (unpaired) electrons. The maximum Gasteiger partial charge on any atom is 0.126 e. The molecular formula is C16H16O2. The Balaban J connectivity index is 1.64. The molecule has 0 spiro atoms. The van der Waals surface area contributed by atoms with Gasteiger partial charge in [0.25, 0.3) is 0 Å². The molecule has 0 unspecified atom stereocenters. The molecule has 2 aromatic rings. The van der Waals surface area contributed by atoms with Crippen molar-refractivity contribution in [3.63, 3.8) is 0 Å². The Bertz CT molecular complexity index is 463. The lowest BCUT2D eigenvalue weighted by atomic mass is 10.3. The molecule has 2 aromatic carbocycles. The van der Waals surface area contributed by atoms with E-state index in [4.69, 9.17) is 9.47 Å². The van der Waals surface area contributed by atoms with Crippen molar-refractivity contribution in [3.8, 4) is 11.5 Å². The first-order valence-corrected chi connectivity index (χ1v) is 6.00. The average molecular weight is 240 g/mol. The summed E-state index contributed by atoms with van der Waals surface area (Å²) in [5, 5.41) is 0. The predicted octanol–water partition coefficient (Wildman–Crippen LogP) is 4.05. The third kappa shape index (κ3) is 4.34. The normalized spacial score (nSPS) is 10.4. The molecule has 0 heterocycles. The van der Waals surface area contributed by atoms with E-state index in [0.29, 0.717) is 6.61 Å². The molecule has 0 fully saturated rings. The van der Waals surface area contributed by atoms with E-state index in [1.54, 1.807) is 6.26 Å². The molecule has 0 aromatic heterocycles. The Kier molecular flexibility index (Phi) is 4.88. The minimum Gasteiger partial charge on any atom is -0.493 e. The van der Waals surface area contributed by atoms with E-state index in [1.807, 2.05) is 66.7 Å². The zero-order chi connectivity index (χ0) is 12.5. The van der Waals surface area contributed by atoms with E-state index in [-0.39, 0.29) is 0 Å². The monoisotopic (exact) mass is 240 g/mol. The summed E-state index contributed by atoms with van der Waals surface area (Å²) in [5.74, 6) is 1.74. The van der Waals surface area contributed by atoms with Crippen molar-refractivity contribution in [2.75, 3.05) is 6.61 Å². The molecule has 2 nitrogen and oxygen atoms in total. The van der Waals surface area contributed by atoms with Crippen LogP contribution in [0.3, 0.4) is 0 Å². The van der Waals surface area contributed by atoms with Crippen molar-refractivity contribution in [1.29, 1.82) is 0 Å². The Labute approximate surface area is 107 Å². The summed E-state index contributed by atoms with van der Waals surface area (Å²) < 4.78 is 11.0. The second-order valence-corrected chi connectivity index (χ2v) is 3.75. The molecule has 0 aliphatic carbocycles. The molecule has 18 heavy (non-hydrogen) atoms. The van der Waals surface area contributed by atoms with Gasteiger partial charge in [0.05, 0.1) is 12.9 Å². The predicted molar refractivity (Wildman–Crippen MR) is 72.8 cm³/mol. The average Bonchev–Trinajstić information content (AvgIpc) is 2.45. The van der Waals surface area contributed by atoms with Gasteiger partial charge in [-0.1, -0.05) is 36.4 Å². The molecule has 0 bridgehead atoms. The van der Waals surface area contributed by atoms with Crippen molar-refractivity contribution in [2.45, 2.75) is 6.42 Å². The Hall–Kier alpha value is -2.22. The molecule has 0 atom stereocenters. The van der Waals surface area contributed by atoms with Crippen LogP contribution in [0.2, 0.25) is 0 Å². The highest BCUT2D eigenvalue weighted by Crippen LogP contribution is 2.09. The van der Waals surface area contributed by atoms with Crippen LogP contribution >= 0.6 is 0 Å². The van der Waals surface area contributed by atoms with Crippen LogP contribution in [0.25, 0.3) is 0 Å². The molecule has 2 rings (SSSR count). The fourth-order valence-corrected chi connectivity index (χ4v) is 1.46. The van der Waals surface area contributed by atoms with Gasteiger partial charge >= 0.3 is 0 Å². The molecule has 0 saturated carbocycles. The topological polar surface area (TPSA) is 18.5 Å². The summed E-state index contributed by atoms with van der Waals surface area (Å²) in [6.45, 7) is 0.651. The van der Waals surface area contributed by atoms with Crippen LogP contribution in [0.4, 0.5) is 0 Å². The summed E-state index contributed by atoms with van der Waals surface area (Å²) in [6.07, 6.45) is 4.47. The van der Waals surface area contributed by atoms with Gasteiger partial charge in [0.15, 0.2) is 0 Å². The van der Waals surface area contributed by atoms with Crippen molar-refractivity contribution < 1.29 is 9.47 Å². The first kappa shape index (κ1) is 12.2. The van der Waals surface area contributed by atoms with Crippen LogP contribution in [0.1, 0.15) is 6.42 Å². The quantitative estimate of drug-likeness (QED) is 0.560. The van der Waals surface area contributed by atoms with Crippen LogP contribution in [0, 0.1) is 0 Å². The van der Waals surface area contributed by atoms with E-state index in [9.17, 15) is 0 Å².